The summed E-state index contributed by atoms with van der Waals surface area (Å²) < 4.78 is 0. The molecular weight excluding hydrogens is 208 g/mol. The molecule has 0 radical (unpaired) electrons. The SMILES string of the molecule is CC(O)CCNCc1csc(C2CC2)n1. The molecule has 1 atom stereocenters. The zero-order chi connectivity index (χ0) is 10.7. The monoisotopic (exact) mass is 226 g/mol. The summed E-state index contributed by atoms with van der Waals surface area (Å²) in [5.74, 6) is 0.765. The Balaban J connectivity index is 1.69. The second kappa shape index (κ2) is 5.05. The van der Waals surface area contributed by atoms with Crippen LogP contribution in [0.2, 0.25) is 0 Å². The zero-order valence-corrected chi connectivity index (χ0v) is 9.89. The van der Waals surface area contributed by atoms with Gasteiger partial charge in [0.1, 0.15) is 0 Å². The first kappa shape index (κ1) is 11.0. The van der Waals surface area contributed by atoms with Crippen molar-refractivity contribution < 1.29 is 5.11 Å². The van der Waals surface area contributed by atoms with Crippen molar-refractivity contribution in [3.63, 3.8) is 0 Å². The van der Waals surface area contributed by atoms with Gasteiger partial charge in [0, 0.05) is 17.8 Å². The van der Waals surface area contributed by atoms with E-state index in [4.69, 9.17) is 5.11 Å². The molecule has 1 unspecified atom stereocenters. The molecule has 1 heterocycles. The Hall–Kier alpha value is -0.450. The van der Waals surface area contributed by atoms with Crippen LogP contribution in [0, 0.1) is 0 Å². The van der Waals surface area contributed by atoms with Crippen LogP contribution in [0.5, 0.6) is 0 Å². The van der Waals surface area contributed by atoms with Crippen LogP contribution < -0.4 is 5.32 Å². The van der Waals surface area contributed by atoms with E-state index < -0.39 is 0 Å². The molecule has 1 fully saturated rings. The molecule has 0 aliphatic heterocycles. The van der Waals surface area contributed by atoms with Gasteiger partial charge in [-0.25, -0.2) is 4.98 Å². The number of hydrogen-bond donors (Lipinski definition) is 2. The highest BCUT2D eigenvalue weighted by Crippen LogP contribution is 2.41. The van der Waals surface area contributed by atoms with Crippen molar-refractivity contribution in [2.75, 3.05) is 6.54 Å². The van der Waals surface area contributed by atoms with Crippen LogP contribution in [0.15, 0.2) is 5.38 Å². The number of thiazole rings is 1. The summed E-state index contributed by atoms with van der Waals surface area (Å²) in [7, 11) is 0. The second-order valence-electron chi connectivity index (χ2n) is 4.27. The van der Waals surface area contributed by atoms with Gasteiger partial charge in [0.05, 0.1) is 16.8 Å². The molecule has 0 saturated heterocycles. The van der Waals surface area contributed by atoms with E-state index in [-0.39, 0.29) is 6.10 Å². The standard InChI is InChI=1S/C11H18N2OS/c1-8(14)4-5-12-6-10-7-15-11(13-10)9-2-3-9/h7-9,12,14H,2-6H2,1H3. The van der Waals surface area contributed by atoms with Gasteiger partial charge in [-0.05, 0) is 32.7 Å². The molecule has 84 valence electrons. The summed E-state index contributed by atoms with van der Waals surface area (Å²) in [5, 5.41) is 15.8. The summed E-state index contributed by atoms with van der Waals surface area (Å²) in [6, 6.07) is 0. The van der Waals surface area contributed by atoms with Crippen molar-refractivity contribution in [2.45, 2.75) is 44.8 Å². The molecule has 2 N–H and O–H groups in total. The van der Waals surface area contributed by atoms with Gasteiger partial charge in [0.2, 0.25) is 0 Å². The fraction of sp³-hybridized carbons (Fsp3) is 0.727. The number of hydrogen-bond acceptors (Lipinski definition) is 4. The van der Waals surface area contributed by atoms with Crippen LogP contribution >= 0.6 is 11.3 Å². The van der Waals surface area contributed by atoms with Crippen molar-refractivity contribution in [2.24, 2.45) is 0 Å². The molecule has 1 aromatic rings. The van der Waals surface area contributed by atoms with Gasteiger partial charge in [0.25, 0.3) is 0 Å². The minimum atomic E-state index is -0.213. The third-order valence-corrected chi connectivity index (χ3v) is 3.60. The largest absolute Gasteiger partial charge is 0.393 e. The lowest BCUT2D eigenvalue weighted by Crippen LogP contribution is -2.18. The van der Waals surface area contributed by atoms with Crippen LogP contribution in [0.3, 0.4) is 0 Å². The highest BCUT2D eigenvalue weighted by Gasteiger charge is 2.26. The molecule has 1 saturated carbocycles. The topological polar surface area (TPSA) is 45.1 Å². The van der Waals surface area contributed by atoms with Gasteiger partial charge in [-0.1, -0.05) is 0 Å². The first-order chi connectivity index (χ1) is 7.25. The van der Waals surface area contributed by atoms with Crippen molar-refractivity contribution in [1.29, 1.82) is 0 Å². The van der Waals surface area contributed by atoms with Gasteiger partial charge >= 0.3 is 0 Å². The second-order valence-corrected chi connectivity index (χ2v) is 5.16. The van der Waals surface area contributed by atoms with Crippen LogP contribution in [-0.2, 0) is 6.54 Å². The Morgan fingerprint density at radius 2 is 2.47 bits per heavy atom. The molecule has 4 heteroatoms. The Kier molecular flexibility index (Phi) is 3.72. The maximum Gasteiger partial charge on any atom is 0.0959 e. The number of rotatable bonds is 6. The fourth-order valence-electron chi connectivity index (χ4n) is 1.45. The first-order valence-corrected chi connectivity index (χ1v) is 6.46. The minimum Gasteiger partial charge on any atom is -0.393 e. The summed E-state index contributed by atoms with van der Waals surface area (Å²) in [5.41, 5.74) is 1.15. The van der Waals surface area contributed by atoms with Crippen LogP contribution in [0.1, 0.15) is 42.8 Å². The van der Waals surface area contributed by atoms with Gasteiger partial charge in [0.15, 0.2) is 0 Å². The number of nitrogens with zero attached hydrogens (tertiary/aromatic N) is 1. The van der Waals surface area contributed by atoms with Gasteiger partial charge in [-0.2, -0.15) is 0 Å². The van der Waals surface area contributed by atoms with Gasteiger partial charge in [-0.3, -0.25) is 0 Å². The third kappa shape index (κ3) is 3.55. The number of aliphatic hydroxyl groups is 1. The summed E-state index contributed by atoms with van der Waals surface area (Å²) >= 11 is 1.78. The van der Waals surface area contributed by atoms with E-state index in [1.165, 1.54) is 17.8 Å². The van der Waals surface area contributed by atoms with Crippen molar-refractivity contribution >= 4 is 11.3 Å². The Morgan fingerprint density at radius 3 is 3.13 bits per heavy atom. The molecule has 0 bridgehead atoms. The lowest BCUT2D eigenvalue weighted by molar-refractivity contribution is 0.183. The van der Waals surface area contributed by atoms with Crippen LogP contribution in [0.4, 0.5) is 0 Å². The minimum absolute atomic E-state index is 0.213. The van der Waals surface area contributed by atoms with E-state index in [1.807, 2.05) is 6.92 Å². The normalized spacial score (nSPS) is 18.0. The summed E-state index contributed by atoms with van der Waals surface area (Å²) in [4.78, 5) is 4.58. The highest BCUT2D eigenvalue weighted by atomic mass is 32.1. The molecule has 1 aliphatic rings. The number of nitrogens with one attached hydrogen (secondary N) is 1. The summed E-state index contributed by atoms with van der Waals surface area (Å²) in [6.07, 6.45) is 3.24. The van der Waals surface area contributed by atoms with E-state index in [0.717, 1.165) is 31.1 Å². The van der Waals surface area contributed by atoms with Crippen molar-refractivity contribution in [3.05, 3.63) is 16.1 Å². The maximum absolute atomic E-state index is 9.08. The Morgan fingerprint density at radius 1 is 1.67 bits per heavy atom. The van der Waals surface area contributed by atoms with Crippen molar-refractivity contribution in [3.8, 4) is 0 Å². The molecule has 3 nitrogen and oxygen atoms in total. The maximum atomic E-state index is 9.08. The van der Waals surface area contributed by atoms with E-state index in [1.54, 1.807) is 11.3 Å². The first-order valence-electron chi connectivity index (χ1n) is 5.59. The van der Waals surface area contributed by atoms with E-state index in [0.29, 0.717) is 0 Å². The molecule has 15 heavy (non-hydrogen) atoms. The zero-order valence-electron chi connectivity index (χ0n) is 9.07. The predicted octanol–water partition coefficient (Wildman–Crippen LogP) is 1.88. The van der Waals surface area contributed by atoms with E-state index in [2.05, 4.69) is 15.7 Å². The molecular formula is C11H18N2OS. The molecule has 2 rings (SSSR count). The summed E-state index contributed by atoms with van der Waals surface area (Å²) in [6.45, 7) is 3.50. The third-order valence-electron chi connectivity index (χ3n) is 2.54. The smallest absolute Gasteiger partial charge is 0.0959 e. The van der Waals surface area contributed by atoms with Crippen LogP contribution in [0.25, 0.3) is 0 Å². The van der Waals surface area contributed by atoms with E-state index >= 15 is 0 Å². The average molecular weight is 226 g/mol. The predicted molar refractivity (Wildman–Crippen MR) is 62.1 cm³/mol. The fourth-order valence-corrected chi connectivity index (χ4v) is 2.44. The molecule has 1 aliphatic carbocycles. The average Bonchev–Trinajstić information content (AvgIpc) is 2.94. The van der Waals surface area contributed by atoms with E-state index in [9.17, 15) is 0 Å². The van der Waals surface area contributed by atoms with Gasteiger partial charge in [-0.15, -0.1) is 11.3 Å². The number of aromatic nitrogens is 1. The Bertz CT molecular complexity index is 307. The van der Waals surface area contributed by atoms with Crippen LogP contribution in [-0.4, -0.2) is 22.7 Å². The molecule has 1 aromatic heterocycles. The quantitative estimate of drug-likeness (QED) is 0.728. The molecule has 0 aromatic carbocycles. The lowest BCUT2D eigenvalue weighted by atomic mass is 10.3. The lowest BCUT2D eigenvalue weighted by Gasteiger charge is -2.04. The molecule has 0 amide bonds. The van der Waals surface area contributed by atoms with Gasteiger partial charge < -0.3 is 10.4 Å². The Labute approximate surface area is 94.5 Å². The van der Waals surface area contributed by atoms with Crippen molar-refractivity contribution in [1.82, 2.24) is 10.3 Å². The molecule has 0 spiro atoms. The number of aliphatic hydroxyl groups excluding tert-OH is 1. The highest BCUT2D eigenvalue weighted by molar-refractivity contribution is 7.09.